The van der Waals surface area contributed by atoms with Crippen LogP contribution in [0.4, 0.5) is 4.39 Å². The lowest BCUT2D eigenvalue weighted by atomic mass is 10.1. The van der Waals surface area contributed by atoms with E-state index in [2.05, 4.69) is 10.4 Å². The molecular weight excluding hydrogens is 383 g/mol. The number of aromatic nitrogens is 3. The van der Waals surface area contributed by atoms with Crippen molar-refractivity contribution in [2.24, 2.45) is 0 Å². The van der Waals surface area contributed by atoms with Crippen molar-refractivity contribution in [3.05, 3.63) is 87.9 Å². The third-order valence-electron chi connectivity index (χ3n) is 5.46. The first-order valence-corrected chi connectivity index (χ1v) is 10.4. The third kappa shape index (κ3) is 4.50. The van der Waals surface area contributed by atoms with E-state index in [0.29, 0.717) is 30.8 Å². The van der Waals surface area contributed by atoms with Crippen LogP contribution in [0.5, 0.6) is 0 Å². The van der Waals surface area contributed by atoms with Gasteiger partial charge in [-0.1, -0.05) is 48.9 Å². The Morgan fingerprint density at radius 1 is 1.10 bits per heavy atom. The maximum absolute atomic E-state index is 13.5. The van der Waals surface area contributed by atoms with Crippen LogP contribution in [-0.2, 0) is 24.2 Å². The zero-order valence-electron chi connectivity index (χ0n) is 16.8. The van der Waals surface area contributed by atoms with Gasteiger partial charge in [-0.15, -0.1) is 0 Å². The van der Waals surface area contributed by atoms with E-state index in [1.54, 1.807) is 12.1 Å². The fourth-order valence-corrected chi connectivity index (χ4v) is 3.95. The Balaban J connectivity index is 1.51. The molecule has 1 aliphatic rings. The molecule has 7 heteroatoms. The molecule has 1 aliphatic heterocycles. The summed E-state index contributed by atoms with van der Waals surface area (Å²) in [5, 5.41) is 7.44. The highest BCUT2D eigenvalue weighted by atomic mass is 19.1. The molecule has 1 unspecified atom stereocenters. The zero-order valence-corrected chi connectivity index (χ0v) is 16.8. The van der Waals surface area contributed by atoms with E-state index in [-0.39, 0.29) is 24.0 Å². The first kappa shape index (κ1) is 20.1. The molecule has 0 spiro atoms. The molecule has 156 valence electrons. The molecule has 1 atom stereocenters. The summed E-state index contributed by atoms with van der Waals surface area (Å²) in [6.45, 7) is 0.694. The molecule has 30 heavy (non-hydrogen) atoms. The second-order valence-electron chi connectivity index (χ2n) is 7.64. The number of amides is 1. The summed E-state index contributed by atoms with van der Waals surface area (Å²) in [5.74, 6) is 0.121. The number of carbonyl (C=O) groups is 1. The van der Waals surface area contributed by atoms with Crippen LogP contribution < -0.4 is 11.0 Å². The number of fused-ring (bicyclic) bond motifs is 1. The Labute approximate surface area is 174 Å². The number of aryl methyl sites for hydroxylation is 1. The number of benzene rings is 2. The van der Waals surface area contributed by atoms with Gasteiger partial charge in [0, 0.05) is 13.0 Å². The summed E-state index contributed by atoms with van der Waals surface area (Å²) in [4.78, 5) is 26.0. The Morgan fingerprint density at radius 2 is 1.90 bits per heavy atom. The molecule has 0 fully saturated rings. The van der Waals surface area contributed by atoms with E-state index in [1.807, 2.05) is 30.3 Å². The highest BCUT2D eigenvalue weighted by Crippen LogP contribution is 2.21. The maximum atomic E-state index is 13.5. The number of nitrogens with one attached hydrogen (secondary N) is 1. The van der Waals surface area contributed by atoms with Crippen LogP contribution in [0, 0.1) is 5.82 Å². The Kier molecular flexibility index (Phi) is 6.07. The molecule has 3 aromatic rings. The Morgan fingerprint density at radius 3 is 2.70 bits per heavy atom. The fourth-order valence-electron chi connectivity index (χ4n) is 3.95. The van der Waals surface area contributed by atoms with E-state index in [9.17, 15) is 14.0 Å². The van der Waals surface area contributed by atoms with Crippen molar-refractivity contribution in [2.75, 3.05) is 6.54 Å². The summed E-state index contributed by atoms with van der Waals surface area (Å²) in [5.41, 5.74) is 1.49. The summed E-state index contributed by atoms with van der Waals surface area (Å²) in [6, 6.07) is 15.5. The average Bonchev–Trinajstić information content (AvgIpc) is 2.91. The summed E-state index contributed by atoms with van der Waals surface area (Å²) in [7, 11) is 0. The van der Waals surface area contributed by atoms with Crippen molar-refractivity contribution < 1.29 is 9.18 Å². The Hall–Kier alpha value is -3.22. The largest absolute Gasteiger partial charge is 0.354 e. The van der Waals surface area contributed by atoms with Crippen LogP contribution in [0.25, 0.3) is 0 Å². The minimum atomic E-state index is -0.563. The van der Waals surface area contributed by atoms with Crippen LogP contribution >= 0.6 is 0 Å². The van der Waals surface area contributed by atoms with Crippen LogP contribution in [0.1, 0.15) is 42.3 Å². The molecule has 0 radical (unpaired) electrons. The molecule has 0 saturated carbocycles. The highest BCUT2D eigenvalue weighted by Gasteiger charge is 2.29. The molecule has 2 aromatic carbocycles. The first-order valence-electron chi connectivity index (χ1n) is 10.4. The van der Waals surface area contributed by atoms with Gasteiger partial charge in [-0.25, -0.2) is 13.9 Å². The lowest BCUT2D eigenvalue weighted by Crippen LogP contribution is -2.38. The Bertz CT molecular complexity index is 1070. The van der Waals surface area contributed by atoms with Gasteiger partial charge in [0.25, 0.3) is 0 Å². The van der Waals surface area contributed by atoms with Crippen LogP contribution in [0.15, 0.2) is 59.4 Å². The topological polar surface area (TPSA) is 68.9 Å². The van der Waals surface area contributed by atoms with Crippen molar-refractivity contribution in [3.63, 3.8) is 0 Å². The van der Waals surface area contributed by atoms with Gasteiger partial charge in [-0.3, -0.25) is 9.36 Å². The molecule has 1 aromatic heterocycles. The number of nitrogens with zero attached hydrogens (tertiary/aromatic N) is 3. The standard InChI is InChI=1S/C23H25FN4O2/c24-19-10-6-9-18(15-19)16-27-23(30)28-20(11-4-5-12-21(28)26-27)22(29)25-14-13-17-7-2-1-3-8-17/h1-3,6-10,15,20H,4-5,11-14,16H2,(H,25,29). The lowest BCUT2D eigenvalue weighted by molar-refractivity contribution is -0.124. The molecule has 2 heterocycles. The van der Waals surface area contributed by atoms with Crippen LogP contribution in [0.2, 0.25) is 0 Å². The SMILES string of the molecule is O=C(NCCc1ccccc1)C1CCCCc2nn(Cc3cccc(F)c3)c(=O)n21. The van der Waals surface area contributed by atoms with Crippen molar-refractivity contribution in [1.82, 2.24) is 19.7 Å². The number of rotatable bonds is 6. The predicted molar refractivity (Wildman–Crippen MR) is 112 cm³/mol. The molecular formula is C23H25FN4O2. The molecule has 1 amide bonds. The van der Waals surface area contributed by atoms with E-state index < -0.39 is 6.04 Å². The molecule has 0 aliphatic carbocycles. The minimum absolute atomic E-state index is 0.151. The van der Waals surface area contributed by atoms with Crippen molar-refractivity contribution in [2.45, 2.75) is 44.7 Å². The van der Waals surface area contributed by atoms with Gasteiger partial charge in [0.2, 0.25) is 5.91 Å². The lowest BCUT2D eigenvalue weighted by Gasteiger charge is -2.16. The zero-order chi connectivity index (χ0) is 20.9. The highest BCUT2D eigenvalue weighted by molar-refractivity contribution is 5.80. The van der Waals surface area contributed by atoms with Gasteiger partial charge in [-0.2, -0.15) is 5.10 Å². The second kappa shape index (κ2) is 9.07. The molecule has 0 saturated heterocycles. The molecule has 6 nitrogen and oxygen atoms in total. The third-order valence-corrected chi connectivity index (χ3v) is 5.46. The van der Waals surface area contributed by atoms with E-state index in [0.717, 1.165) is 24.8 Å². The van der Waals surface area contributed by atoms with E-state index >= 15 is 0 Å². The minimum Gasteiger partial charge on any atom is -0.354 e. The van der Waals surface area contributed by atoms with Crippen molar-refractivity contribution >= 4 is 5.91 Å². The van der Waals surface area contributed by atoms with Crippen LogP contribution in [0.3, 0.4) is 0 Å². The summed E-state index contributed by atoms with van der Waals surface area (Å²) < 4.78 is 16.4. The number of hydrogen-bond donors (Lipinski definition) is 1. The second-order valence-corrected chi connectivity index (χ2v) is 7.64. The van der Waals surface area contributed by atoms with Gasteiger partial charge in [0.15, 0.2) is 0 Å². The number of carbonyl (C=O) groups excluding carboxylic acids is 1. The van der Waals surface area contributed by atoms with Crippen molar-refractivity contribution in [3.8, 4) is 0 Å². The van der Waals surface area contributed by atoms with E-state index in [1.165, 1.54) is 21.4 Å². The quantitative estimate of drug-likeness (QED) is 0.682. The van der Waals surface area contributed by atoms with E-state index in [4.69, 9.17) is 0 Å². The molecule has 4 rings (SSSR count). The first-order chi connectivity index (χ1) is 14.6. The van der Waals surface area contributed by atoms with Crippen molar-refractivity contribution in [1.29, 1.82) is 0 Å². The van der Waals surface area contributed by atoms with Gasteiger partial charge in [-0.05, 0) is 42.5 Å². The summed E-state index contributed by atoms with van der Waals surface area (Å²) in [6.07, 6.45) is 3.74. The van der Waals surface area contributed by atoms with Gasteiger partial charge < -0.3 is 5.32 Å². The van der Waals surface area contributed by atoms with Gasteiger partial charge in [0.05, 0.1) is 6.54 Å². The summed E-state index contributed by atoms with van der Waals surface area (Å²) >= 11 is 0. The average molecular weight is 408 g/mol. The molecule has 1 N–H and O–H groups in total. The molecule has 0 bridgehead atoms. The number of hydrogen-bond acceptors (Lipinski definition) is 3. The normalized spacial score (nSPS) is 16.0. The van der Waals surface area contributed by atoms with Gasteiger partial charge >= 0.3 is 5.69 Å². The van der Waals surface area contributed by atoms with Gasteiger partial charge in [0.1, 0.15) is 17.7 Å². The monoisotopic (exact) mass is 408 g/mol. The smallest absolute Gasteiger partial charge is 0.346 e. The predicted octanol–water partition coefficient (Wildman–Crippen LogP) is 2.86. The maximum Gasteiger partial charge on any atom is 0.346 e. The van der Waals surface area contributed by atoms with Crippen LogP contribution in [-0.4, -0.2) is 26.8 Å². The fraction of sp³-hybridized carbons (Fsp3) is 0.348. The number of halogens is 1.